The molecule has 2 aliphatic rings. The molecule has 0 aliphatic carbocycles. The van der Waals surface area contributed by atoms with Crippen LogP contribution in [0.2, 0.25) is 0 Å². The van der Waals surface area contributed by atoms with Gasteiger partial charge in [-0.2, -0.15) is 5.26 Å². The standard InChI is InChI=1S/C16H21N3O/c1-20-16-5-2-11(9-17)6-12(16)10-19-14-3-4-15(19)8-13(18)7-14/h2,5-6,13-15H,3-4,7-8,10,18H2,1H3. The number of nitrogens with two attached hydrogens (primary N) is 1. The van der Waals surface area contributed by atoms with Crippen molar-refractivity contribution in [1.82, 2.24) is 4.90 Å². The van der Waals surface area contributed by atoms with E-state index in [1.807, 2.05) is 18.2 Å². The molecule has 0 saturated carbocycles. The fraction of sp³-hybridized carbons (Fsp3) is 0.562. The first-order valence-corrected chi connectivity index (χ1v) is 7.29. The van der Waals surface area contributed by atoms with Gasteiger partial charge < -0.3 is 10.5 Å². The Balaban J connectivity index is 1.83. The summed E-state index contributed by atoms with van der Waals surface area (Å²) in [6, 6.07) is 9.41. The number of nitriles is 1. The third kappa shape index (κ3) is 2.39. The lowest BCUT2D eigenvalue weighted by Crippen LogP contribution is -2.46. The molecule has 2 unspecified atom stereocenters. The molecule has 4 nitrogen and oxygen atoms in total. The molecule has 0 aromatic heterocycles. The lowest BCUT2D eigenvalue weighted by atomic mass is 9.97. The van der Waals surface area contributed by atoms with Gasteiger partial charge in [0.1, 0.15) is 5.75 Å². The van der Waals surface area contributed by atoms with Crippen LogP contribution in [0, 0.1) is 11.3 Å². The minimum absolute atomic E-state index is 0.357. The lowest BCUT2D eigenvalue weighted by Gasteiger charge is -2.37. The van der Waals surface area contributed by atoms with Crippen molar-refractivity contribution in [3.8, 4) is 11.8 Å². The van der Waals surface area contributed by atoms with E-state index in [9.17, 15) is 0 Å². The summed E-state index contributed by atoms with van der Waals surface area (Å²) in [5, 5.41) is 9.06. The molecule has 2 N–H and O–H groups in total. The topological polar surface area (TPSA) is 62.3 Å². The number of hydrogen-bond donors (Lipinski definition) is 1. The van der Waals surface area contributed by atoms with Gasteiger partial charge in [-0.3, -0.25) is 4.90 Å². The van der Waals surface area contributed by atoms with Crippen molar-refractivity contribution < 1.29 is 4.74 Å². The molecule has 2 atom stereocenters. The van der Waals surface area contributed by atoms with Crippen LogP contribution in [-0.2, 0) is 6.54 Å². The van der Waals surface area contributed by atoms with Crippen molar-refractivity contribution >= 4 is 0 Å². The molecule has 2 bridgehead atoms. The second-order valence-electron chi connectivity index (χ2n) is 5.93. The average Bonchev–Trinajstić information content (AvgIpc) is 2.70. The lowest BCUT2D eigenvalue weighted by molar-refractivity contribution is 0.119. The Hall–Kier alpha value is -1.57. The summed E-state index contributed by atoms with van der Waals surface area (Å²) in [5.41, 5.74) is 7.92. The molecular weight excluding hydrogens is 250 g/mol. The molecule has 1 aromatic rings. The molecule has 0 radical (unpaired) electrons. The zero-order valence-electron chi connectivity index (χ0n) is 11.9. The van der Waals surface area contributed by atoms with Crippen molar-refractivity contribution in [3.05, 3.63) is 29.3 Å². The highest BCUT2D eigenvalue weighted by atomic mass is 16.5. The molecular formula is C16H21N3O. The molecule has 2 aliphatic heterocycles. The Kier molecular flexibility index (Phi) is 3.64. The van der Waals surface area contributed by atoms with Gasteiger partial charge >= 0.3 is 0 Å². The molecule has 0 spiro atoms. The SMILES string of the molecule is COc1ccc(C#N)cc1CN1C2CCC1CC(N)C2. The van der Waals surface area contributed by atoms with E-state index in [0.29, 0.717) is 23.7 Å². The van der Waals surface area contributed by atoms with E-state index in [2.05, 4.69) is 11.0 Å². The van der Waals surface area contributed by atoms with Gasteiger partial charge in [0.05, 0.1) is 18.7 Å². The monoisotopic (exact) mass is 271 g/mol. The third-order valence-electron chi connectivity index (χ3n) is 4.68. The van der Waals surface area contributed by atoms with Crippen LogP contribution in [0.5, 0.6) is 5.75 Å². The predicted molar refractivity (Wildman–Crippen MR) is 77.3 cm³/mol. The summed E-state index contributed by atoms with van der Waals surface area (Å²) >= 11 is 0. The first kappa shape index (κ1) is 13.4. The molecule has 1 aromatic carbocycles. The molecule has 3 rings (SSSR count). The van der Waals surface area contributed by atoms with Gasteiger partial charge in [0.15, 0.2) is 0 Å². The van der Waals surface area contributed by atoms with E-state index in [0.717, 1.165) is 30.7 Å². The van der Waals surface area contributed by atoms with Crippen LogP contribution in [0.4, 0.5) is 0 Å². The number of benzene rings is 1. The number of rotatable bonds is 3. The highest BCUT2D eigenvalue weighted by molar-refractivity contribution is 5.42. The molecule has 106 valence electrons. The minimum Gasteiger partial charge on any atom is -0.496 e. The first-order chi connectivity index (χ1) is 9.71. The van der Waals surface area contributed by atoms with Crippen molar-refractivity contribution in [2.75, 3.05) is 7.11 Å². The maximum Gasteiger partial charge on any atom is 0.123 e. The Morgan fingerprint density at radius 3 is 2.65 bits per heavy atom. The van der Waals surface area contributed by atoms with Gasteiger partial charge in [0.25, 0.3) is 0 Å². The summed E-state index contributed by atoms with van der Waals surface area (Å²) in [4.78, 5) is 2.56. The molecule has 4 heteroatoms. The molecule has 2 fully saturated rings. The summed E-state index contributed by atoms with van der Waals surface area (Å²) in [6.07, 6.45) is 4.69. The van der Waals surface area contributed by atoms with Crippen LogP contribution in [0.1, 0.15) is 36.8 Å². The number of ether oxygens (including phenoxy) is 1. The Morgan fingerprint density at radius 1 is 1.35 bits per heavy atom. The average molecular weight is 271 g/mol. The fourth-order valence-electron chi connectivity index (χ4n) is 3.74. The second kappa shape index (κ2) is 5.43. The number of fused-ring (bicyclic) bond motifs is 2. The summed E-state index contributed by atoms with van der Waals surface area (Å²) in [5.74, 6) is 0.873. The van der Waals surface area contributed by atoms with Gasteiger partial charge in [-0.15, -0.1) is 0 Å². The van der Waals surface area contributed by atoms with Gasteiger partial charge in [-0.25, -0.2) is 0 Å². The summed E-state index contributed by atoms with van der Waals surface area (Å²) < 4.78 is 5.44. The highest BCUT2D eigenvalue weighted by Gasteiger charge is 2.39. The van der Waals surface area contributed by atoms with Crippen molar-refractivity contribution in [2.45, 2.75) is 50.4 Å². The third-order valence-corrected chi connectivity index (χ3v) is 4.68. The van der Waals surface area contributed by atoms with Gasteiger partial charge in [0.2, 0.25) is 0 Å². The first-order valence-electron chi connectivity index (χ1n) is 7.29. The van der Waals surface area contributed by atoms with Gasteiger partial charge in [-0.1, -0.05) is 0 Å². The largest absolute Gasteiger partial charge is 0.496 e. The van der Waals surface area contributed by atoms with E-state index in [1.54, 1.807) is 7.11 Å². The molecule has 2 heterocycles. The molecule has 0 amide bonds. The van der Waals surface area contributed by atoms with Crippen LogP contribution in [-0.4, -0.2) is 30.1 Å². The van der Waals surface area contributed by atoms with E-state index in [-0.39, 0.29) is 0 Å². The van der Waals surface area contributed by atoms with Crippen LogP contribution in [0.3, 0.4) is 0 Å². The number of hydrogen-bond acceptors (Lipinski definition) is 4. The number of methoxy groups -OCH3 is 1. The van der Waals surface area contributed by atoms with Crippen LogP contribution >= 0.6 is 0 Å². The maximum absolute atomic E-state index is 9.06. The van der Waals surface area contributed by atoms with E-state index in [1.165, 1.54) is 12.8 Å². The Morgan fingerprint density at radius 2 is 2.05 bits per heavy atom. The number of nitrogens with zero attached hydrogens (tertiary/aromatic N) is 2. The second-order valence-corrected chi connectivity index (χ2v) is 5.93. The van der Waals surface area contributed by atoms with Crippen LogP contribution in [0.25, 0.3) is 0 Å². The van der Waals surface area contributed by atoms with Crippen molar-refractivity contribution in [2.24, 2.45) is 5.73 Å². The summed E-state index contributed by atoms with van der Waals surface area (Å²) in [7, 11) is 1.69. The number of piperidine rings is 1. The van der Waals surface area contributed by atoms with Crippen LogP contribution < -0.4 is 10.5 Å². The van der Waals surface area contributed by atoms with Crippen molar-refractivity contribution in [3.63, 3.8) is 0 Å². The smallest absolute Gasteiger partial charge is 0.123 e. The zero-order chi connectivity index (χ0) is 14.1. The fourth-order valence-corrected chi connectivity index (χ4v) is 3.74. The van der Waals surface area contributed by atoms with Gasteiger partial charge in [0, 0.05) is 30.2 Å². The minimum atomic E-state index is 0.357. The van der Waals surface area contributed by atoms with E-state index < -0.39 is 0 Å². The zero-order valence-corrected chi connectivity index (χ0v) is 11.9. The van der Waals surface area contributed by atoms with E-state index in [4.69, 9.17) is 15.7 Å². The normalized spacial score (nSPS) is 29.1. The highest BCUT2D eigenvalue weighted by Crippen LogP contribution is 2.37. The van der Waals surface area contributed by atoms with Gasteiger partial charge in [-0.05, 0) is 43.9 Å². The predicted octanol–water partition coefficient (Wildman–Crippen LogP) is 2.02. The quantitative estimate of drug-likeness (QED) is 0.913. The molecule has 20 heavy (non-hydrogen) atoms. The summed E-state index contributed by atoms with van der Waals surface area (Å²) in [6.45, 7) is 0.862. The Labute approximate surface area is 120 Å². The maximum atomic E-state index is 9.06. The van der Waals surface area contributed by atoms with E-state index >= 15 is 0 Å². The molecule has 2 saturated heterocycles. The van der Waals surface area contributed by atoms with Crippen LogP contribution in [0.15, 0.2) is 18.2 Å². The Bertz CT molecular complexity index is 523. The van der Waals surface area contributed by atoms with Crippen molar-refractivity contribution in [1.29, 1.82) is 5.26 Å².